The first-order valence-electron chi connectivity index (χ1n) is 9.75. The summed E-state index contributed by atoms with van der Waals surface area (Å²) >= 11 is 1.59. The maximum absolute atomic E-state index is 13.1. The lowest BCUT2D eigenvalue weighted by Gasteiger charge is -2.27. The second kappa shape index (κ2) is 9.57. The maximum Gasteiger partial charge on any atom is 0.416 e. The van der Waals surface area contributed by atoms with Crippen LogP contribution >= 0.6 is 11.8 Å². The Labute approximate surface area is 173 Å². The number of thioether (sulfide) groups is 1. The number of carbonyl (C=O) groups excluding carboxylic acids is 1. The molecule has 0 heterocycles. The number of halogens is 3. The summed E-state index contributed by atoms with van der Waals surface area (Å²) in [6.07, 6.45) is 2.74. The van der Waals surface area contributed by atoms with E-state index in [9.17, 15) is 18.0 Å². The first-order valence-corrected chi connectivity index (χ1v) is 11.0. The standard InChI is InChI=1S/C22H25F3N2OS/c1-29-19-12-10-15(11-13-19)20(21(28)27-17-7-3-2-4-8-17)26-18-9-5-6-16(14-18)22(23,24)25/h5-6,9-14,17,20,26H,2-4,7-8H2,1H3,(H,27,28). The molecule has 1 unspecified atom stereocenters. The van der Waals surface area contributed by atoms with Crippen molar-refractivity contribution in [3.05, 3.63) is 59.7 Å². The van der Waals surface area contributed by atoms with Crippen LogP contribution in [0, 0.1) is 0 Å². The third-order valence-corrected chi connectivity index (χ3v) is 5.91. The van der Waals surface area contributed by atoms with E-state index in [2.05, 4.69) is 10.6 Å². The fraction of sp³-hybridized carbons (Fsp3) is 0.409. The van der Waals surface area contributed by atoms with Crippen molar-refractivity contribution in [3.8, 4) is 0 Å². The van der Waals surface area contributed by atoms with Crippen molar-refractivity contribution in [1.29, 1.82) is 0 Å². The molecule has 3 nitrogen and oxygen atoms in total. The number of anilines is 1. The molecule has 1 amide bonds. The summed E-state index contributed by atoms with van der Waals surface area (Å²) in [5, 5.41) is 6.10. The smallest absolute Gasteiger partial charge is 0.370 e. The Bertz CT molecular complexity index is 818. The van der Waals surface area contributed by atoms with Gasteiger partial charge in [0, 0.05) is 16.6 Å². The van der Waals surface area contributed by atoms with Gasteiger partial charge in [-0.25, -0.2) is 0 Å². The Kier molecular flexibility index (Phi) is 7.11. The van der Waals surface area contributed by atoms with Gasteiger partial charge in [0.1, 0.15) is 6.04 Å². The lowest BCUT2D eigenvalue weighted by atomic mass is 9.95. The Hall–Kier alpha value is -2.15. The molecule has 156 valence electrons. The predicted octanol–water partition coefficient (Wildman–Crippen LogP) is 6.03. The molecule has 1 aliphatic rings. The highest BCUT2D eigenvalue weighted by atomic mass is 32.2. The highest BCUT2D eigenvalue weighted by Gasteiger charge is 2.31. The molecule has 29 heavy (non-hydrogen) atoms. The van der Waals surface area contributed by atoms with Gasteiger partial charge in [0.2, 0.25) is 5.91 Å². The molecule has 7 heteroatoms. The van der Waals surface area contributed by atoms with Gasteiger partial charge in [-0.2, -0.15) is 13.2 Å². The van der Waals surface area contributed by atoms with Crippen LogP contribution in [-0.4, -0.2) is 18.2 Å². The van der Waals surface area contributed by atoms with Crippen LogP contribution in [0.3, 0.4) is 0 Å². The normalized spacial score (nSPS) is 16.3. The lowest BCUT2D eigenvalue weighted by molar-refractivity contribution is -0.137. The van der Waals surface area contributed by atoms with E-state index in [1.165, 1.54) is 12.5 Å². The molecule has 1 fully saturated rings. The van der Waals surface area contributed by atoms with E-state index in [-0.39, 0.29) is 17.6 Å². The van der Waals surface area contributed by atoms with E-state index in [0.717, 1.165) is 42.7 Å². The van der Waals surface area contributed by atoms with Crippen molar-refractivity contribution in [2.24, 2.45) is 0 Å². The summed E-state index contributed by atoms with van der Waals surface area (Å²) in [6, 6.07) is 11.8. The van der Waals surface area contributed by atoms with Crippen LogP contribution < -0.4 is 10.6 Å². The van der Waals surface area contributed by atoms with E-state index in [0.29, 0.717) is 5.56 Å². The summed E-state index contributed by atoms with van der Waals surface area (Å²) < 4.78 is 39.2. The molecular weight excluding hydrogens is 397 g/mol. The van der Waals surface area contributed by atoms with Gasteiger partial charge in [-0.05, 0) is 55.0 Å². The highest BCUT2D eigenvalue weighted by molar-refractivity contribution is 7.98. The zero-order valence-corrected chi connectivity index (χ0v) is 17.1. The van der Waals surface area contributed by atoms with Crippen molar-refractivity contribution < 1.29 is 18.0 Å². The summed E-state index contributed by atoms with van der Waals surface area (Å²) in [6.45, 7) is 0. The van der Waals surface area contributed by atoms with Crippen molar-refractivity contribution >= 4 is 23.4 Å². The molecule has 1 atom stereocenters. The van der Waals surface area contributed by atoms with Gasteiger partial charge < -0.3 is 10.6 Å². The largest absolute Gasteiger partial charge is 0.416 e. The molecule has 1 aliphatic carbocycles. The predicted molar refractivity (Wildman–Crippen MR) is 111 cm³/mol. The second-order valence-corrected chi connectivity index (χ2v) is 8.15. The van der Waals surface area contributed by atoms with Gasteiger partial charge in [-0.3, -0.25) is 4.79 Å². The molecule has 2 aromatic carbocycles. The Balaban J connectivity index is 1.84. The van der Waals surface area contributed by atoms with E-state index < -0.39 is 17.8 Å². The second-order valence-electron chi connectivity index (χ2n) is 7.27. The molecular formula is C22H25F3N2OS. The van der Waals surface area contributed by atoms with Crippen molar-refractivity contribution in [2.75, 3.05) is 11.6 Å². The van der Waals surface area contributed by atoms with Crippen LogP contribution in [0.2, 0.25) is 0 Å². The molecule has 0 bridgehead atoms. The van der Waals surface area contributed by atoms with Crippen LogP contribution in [-0.2, 0) is 11.0 Å². The molecule has 2 N–H and O–H groups in total. The van der Waals surface area contributed by atoms with Crippen LogP contribution in [0.25, 0.3) is 0 Å². The molecule has 0 aliphatic heterocycles. The van der Waals surface area contributed by atoms with E-state index in [4.69, 9.17) is 0 Å². The molecule has 0 aromatic heterocycles. The fourth-order valence-corrected chi connectivity index (χ4v) is 3.99. The van der Waals surface area contributed by atoms with E-state index in [1.54, 1.807) is 17.8 Å². The van der Waals surface area contributed by atoms with Crippen molar-refractivity contribution in [1.82, 2.24) is 5.32 Å². The number of hydrogen-bond donors (Lipinski definition) is 2. The summed E-state index contributed by atoms with van der Waals surface area (Å²) in [4.78, 5) is 14.1. The van der Waals surface area contributed by atoms with Gasteiger partial charge in [0.25, 0.3) is 0 Å². The molecule has 0 spiro atoms. The number of hydrogen-bond acceptors (Lipinski definition) is 3. The third kappa shape index (κ3) is 5.92. The van der Waals surface area contributed by atoms with Crippen molar-refractivity contribution in [2.45, 2.75) is 55.3 Å². The molecule has 0 saturated heterocycles. The zero-order valence-electron chi connectivity index (χ0n) is 16.3. The van der Waals surface area contributed by atoms with Gasteiger partial charge >= 0.3 is 6.18 Å². The number of rotatable bonds is 6. The van der Waals surface area contributed by atoms with E-state index >= 15 is 0 Å². The van der Waals surface area contributed by atoms with E-state index in [1.807, 2.05) is 30.5 Å². The summed E-state index contributed by atoms with van der Waals surface area (Å²) in [7, 11) is 0. The quantitative estimate of drug-likeness (QED) is 0.559. The Morgan fingerprint density at radius 1 is 1.07 bits per heavy atom. The van der Waals surface area contributed by atoms with Gasteiger partial charge in [-0.15, -0.1) is 11.8 Å². The Morgan fingerprint density at radius 2 is 1.76 bits per heavy atom. The van der Waals surface area contributed by atoms with Gasteiger partial charge in [-0.1, -0.05) is 37.5 Å². The first-order chi connectivity index (χ1) is 13.9. The van der Waals surface area contributed by atoms with Crippen LogP contribution in [0.5, 0.6) is 0 Å². The minimum atomic E-state index is -4.43. The SMILES string of the molecule is CSc1ccc(C(Nc2cccc(C(F)(F)F)c2)C(=O)NC2CCCCC2)cc1. The number of alkyl halides is 3. The zero-order chi connectivity index (χ0) is 20.9. The van der Waals surface area contributed by atoms with Crippen LogP contribution in [0.15, 0.2) is 53.4 Å². The first kappa shape index (κ1) is 21.6. The van der Waals surface area contributed by atoms with Gasteiger partial charge in [0.05, 0.1) is 5.56 Å². The lowest BCUT2D eigenvalue weighted by Crippen LogP contribution is -2.41. The van der Waals surface area contributed by atoms with Crippen LogP contribution in [0.1, 0.15) is 49.3 Å². The number of benzene rings is 2. The van der Waals surface area contributed by atoms with Crippen LogP contribution in [0.4, 0.5) is 18.9 Å². The average Bonchev–Trinajstić information content (AvgIpc) is 2.72. The minimum absolute atomic E-state index is 0.118. The molecule has 3 rings (SSSR count). The number of amides is 1. The van der Waals surface area contributed by atoms with Gasteiger partial charge in [0.15, 0.2) is 0 Å². The Morgan fingerprint density at radius 3 is 2.38 bits per heavy atom. The molecule has 2 aromatic rings. The summed E-state index contributed by atoms with van der Waals surface area (Å²) in [5.74, 6) is -0.216. The molecule has 0 radical (unpaired) electrons. The minimum Gasteiger partial charge on any atom is -0.370 e. The summed E-state index contributed by atoms with van der Waals surface area (Å²) in [5.41, 5.74) is 0.234. The highest BCUT2D eigenvalue weighted by Crippen LogP contribution is 2.32. The topological polar surface area (TPSA) is 41.1 Å². The maximum atomic E-state index is 13.1. The third-order valence-electron chi connectivity index (χ3n) is 5.16. The fourth-order valence-electron chi connectivity index (χ4n) is 3.58. The monoisotopic (exact) mass is 422 g/mol. The average molecular weight is 423 g/mol. The number of nitrogens with one attached hydrogen (secondary N) is 2. The molecule has 1 saturated carbocycles. The van der Waals surface area contributed by atoms with Crippen molar-refractivity contribution in [3.63, 3.8) is 0 Å². The number of carbonyl (C=O) groups is 1.